The minimum atomic E-state index is -3.90. The number of aryl methyl sites for hydroxylation is 1. The minimum Gasteiger partial charge on any atom is -0.465 e. The van der Waals surface area contributed by atoms with Crippen molar-refractivity contribution in [1.29, 1.82) is 0 Å². The molecule has 1 atom stereocenters. The molecule has 0 saturated carbocycles. The number of anilines is 2. The van der Waals surface area contributed by atoms with Crippen LogP contribution in [0, 0.1) is 6.92 Å². The molecular weight excluding hydrogens is 364 g/mol. The lowest BCUT2D eigenvalue weighted by Crippen LogP contribution is -2.20. The Morgan fingerprint density at radius 1 is 1.15 bits per heavy atom. The first kappa shape index (κ1) is 20.8. The summed E-state index contributed by atoms with van der Waals surface area (Å²) in [4.78, 5) is 11.9. The zero-order chi connectivity index (χ0) is 20.0. The van der Waals surface area contributed by atoms with Crippen molar-refractivity contribution in [3.63, 3.8) is 0 Å². The van der Waals surface area contributed by atoms with Crippen molar-refractivity contribution in [3.05, 3.63) is 53.6 Å². The summed E-state index contributed by atoms with van der Waals surface area (Å²) in [7, 11) is -2.64. The van der Waals surface area contributed by atoms with Crippen LogP contribution in [-0.2, 0) is 14.8 Å². The summed E-state index contributed by atoms with van der Waals surface area (Å²) in [5.41, 5.74) is 2.11. The number of hydrogen-bond donors (Lipinski definition) is 2. The SMILES string of the molecule is CCC[C@@H](C)Nc1ccc(C(=O)OC)cc1S(=O)(=O)Nc1ccc(C)cc1. The summed E-state index contributed by atoms with van der Waals surface area (Å²) >= 11 is 0. The summed E-state index contributed by atoms with van der Waals surface area (Å²) in [6.07, 6.45) is 1.86. The molecule has 0 saturated heterocycles. The molecule has 0 aliphatic heterocycles. The van der Waals surface area contributed by atoms with Gasteiger partial charge in [-0.25, -0.2) is 13.2 Å². The molecule has 0 aliphatic carbocycles. The standard InChI is InChI=1S/C20H26N2O4S/c1-5-6-15(3)21-18-12-9-16(20(23)26-4)13-19(18)27(24,25)22-17-10-7-14(2)8-11-17/h7-13,15,21-22H,5-6H2,1-4H3/t15-/m1/s1. The van der Waals surface area contributed by atoms with Crippen molar-refractivity contribution in [2.75, 3.05) is 17.1 Å². The average molecular weight is 391 g/mol. The molecule has 0 heterocycles. The summed E-state index contributed by atoms with van der Waals surface area (Å²) < 4.78 is 33.3. The lowest BCUT2D eigenvalue weighted by Gasteiger charge is -2.19. The molecule has 0 spiro atoms. The fraction of sp³-hybridized carbons (Fsp3) is 0.350. The van der Waals surface area contributed by atoms with E-state index in [0.29, 0.717) is 11.4 Å². The van der Waals surface area contributed by atoms with Crippen molar-refractivity contribution in [2.24, 2.45) is 0 Å². The molecular formula is C20H26N2O4S. The van der Waals surface area contributed by atoms with Crippen molar-refractivity contribution in [3.8, 4) is 0 Å². The Labute approximate surface area is 161 Å². The molecule has 2 aromatic carbocycles. The van der Waals surface area contributed by atoms with Crippen LogP contribution in [0.1, 0.15) is 42.6 Å². The van der Waals surface area contributed by atoms with Crippen LogP contribution >= 0.6 is 0 Å². The topological polar surface area (TPSA) is 84.5 Å². The summed E-state index contributed by atoms with van der Waals surface area (Å²) in [5.74, 6) is -0.588. The van der Waals surface area contributed by atoms with E-state index in [9.17, 15) is 13.2 Å². The minimum absolute atomic E-state index is 0.00827. The van der Waals surface area contributed by atoms with E-state index >= 15 is 0 Å². The summed E-state index contributed by atoms with van der Waals surface area (Å²) in [5, 5.41) is 3.23. The number of sulfonamides is 1. The number of benzene rings is 2. The Bertz CT molecular complexity index is 893. The highest BCUT2D eigenvalue weighted by atomic mass is 32.2. The van der Waals surface area contributed by atoms with E-state index in [1.165, 1.54) is 13.2 Å². The van der Waals surface area contributed by atoms with Gasteiger partial charge in [0.2, 0.25) is 0 Å². The van der Waals surface area contributed by atoms with Gasteiger partial charge in [0, 0.05) is 11.7 Å². The number of ether oxygens (including phenoxy) is 1. The largest absolute Gasteiger partial charge is 0.465 e. The lowest BCUT2D eigenvalue weighted by atomic mass is 10.1. The number of methoxy groups -OCH3 is 1. The number of rotatable bonds is 8. The van der Waals surface area contributed by atoms with Crippen LogP contribution in [0.15, 0.2) is 47.4 Å². The van der Waals surface area contributed by atoms with Gasteiger partial charge in [0.15, 0.2) is 0 Å². The molecule has 27 heavy (non-hydrogen) atoms. The highest BCUT2D eigenvalue weighted by molar-refractivity contribution is 7.92. The van der Waals surface area contributed by atoms with Gasteiger partial charge in [-0.15, -0.1) is 0 Å². The second-order valence-electron chi connectivity index (χ2n) is 6.51. The van der Waals surface area contributed by atoms with Crippen molar-refractivity contribution >= 4 is 27.4 Å². The molecule has 7 heteroatoms. The third kappa shape index (κ3) is 5.47. The smallest absolute Gasteiger partial charge is 0.337 e. The number of hydrogen-bond acceptors (Lipinski definition) is 5. The zero-order valence-electron chi connectivity index (χ0n) is 16.1. The highest BCUT2D eigenvalue weighted by Gasteiger charge is 2.22. The molecule has 2 aromatic rings. The molecule has 0 amide bonds. The second-order valence-corrected chi connectivity index (χ2v) is 8.16. The second kappa shape index (κ2) is 8.90. The van der Waals surface area contributed by atoms with E-state index < -0.39 is 16.0 Å². The van der Waals surface area contributed by atoms with Crippen LogP contribution in [0.5, 0.6) is 0 Å². The van der Waals surface area contributed by atoms with E-state index in [1.54, 1.807) is 24.3 Å². The van der Waals surface area contributed by atoms with Crippen LogP contribution in [0.3, 0.4) is 0 Å². The first-order valence-corrected chi connectivity index (χ1v) is 10.3. The van der Waals surface area contributed by atoms with E-state index in [4.69, 9.17) is 4.74 Å². The predicted octanol–water partition coefficient (Wildman–Crippen LogP) is 4.18. The van der Waals surface area contributed by atoms with Crippen molar-refractivity contribution in [2.45, 2.75) is 44.6 Å². The number of esters is 1. The maximum atomic E-state index is 13.0. The maximum Gasteiger partial charge on any atom is 0.337 e. The van der Waals surface area contributed by atoms with E-state index in [0.717, 1.165) is 18.4 Å². The Kier molecular flexibility index (Phi) is 6.85. The Morgan fingerprint density at radius 2 is 1.81 bits per heavy atom. The van der Waals surface area contributed by atoms with Gasteiger partial charge < -0.3 is 10.1 Å². The van der Waals surface area contributed by atoms with Gasteiger partial charge in [-0.3, -0.25) is 4.72 Å². The summed E-state index contributed by atoms with van der Waals surface area (Å²) in [6.45, 7) is 5.98. The Balaban J connectivity index is 2.45. The molecule has 0 radical (unpaired) electrons. The normalized spacial score (nSPS) is 12.3. The molecule has 0 bridgehead atoms. The molecule has 0 aliphatic rings. The first-order chi connectivity index (χ1) is 12.8. The average Bonchev–Trinajstić information content (AvgIpc) is 2.63. The van der Waals surface area contributed by atoms with Crippen LogP contribution < -0.4 is 10.0 Å². The van der Waals surface area contributed by atoms with Crippen LogP contribution in [-0.4, -0.2) is 27.5 Å². The zero-order valence-corrected chi connectivity index (χ0v) is 16.9. The monoisotopic (exact) mass is 390 g/mol. The Morgan fingerprint density at radius 3 is 2.41 bits per heavy atom. The van der Waals surface area contributed by atoms with Gasteiger partial charge in [0.1, 0.15) is 4.90 Å². The van der Waals surface area contributed by atoms with E-state index in [-0.39, 0.29) is 16.5 Å². The maximum absolute atomic E-state index is 13.0. The lowest BCUT2D eigenvalue weighted by molar-refractivity contribution is 0.0600. The van der Waals surface area contributed by atoms with Gasteiger partial charge >= 0.3 is 5.97 Å². The summed E-state index contributed by atoms with van der Waals surface area (Å²) in [6, 6.07) is 11.6. The molecule has 146 valence electrons. The highest BCUT2D eigenvalue weighted by Crippen LogP contribution is 2.27. The number of nitrogens with one attached hydrogen (secondary N) is 2. The van der Waals surface area contributed by atoms with Gasteiger partial charge in [-0.2, -0.15) is 0 Å². The van der Waals surface area contributed by atoms with Crippen LogP contribution in [0.25, 0.3) is 0 Å². The fourth-order valence-corrected chi connectivity index (χ4v) is 3.97. The Hall–Kier alpha value is -2.54. The van der Waals surface area contributed by atoms with Crippen LogP contribution in [0.2, 0.25) is 0 Å². The molecule has 2 rings (SSSR count). The van der Waals surface area contributed by atoms with E-state index in [1.807, 2.05) is 26.0 Å². The fourth-order valence-electron chi connectivity index (χ4n) is 2.71. The van der Waals surface area contributed by atoms with Gasteiger partial charge in [-0.1, -0.05) is 31.0 Å². The van der Waals surface area contributed by atoms with Gasteiger partial charge in [0.25, 0.3) is 10.0 Å². The van der Waals surface area contributed by atoms with Crippen molar-refractivity contribution < 1.29 is 17.9 Å². The first-order valence-electron chi connectivity index (χ1n) is 8.85. The number of carbonyl (C=O) groups is 1. The van der Waals surface area contributed by atoms with Gasteiger partial charge in [-0.05, 0) is 50.6 Å². The van der Waals surface area contributed by atoms with Crippen LogP contribution in [0.4, 0.5) is 11.4 Å². The molecule has 0 unspecified atom stereocenters. The van der Waals surface area contributed by atoms with E-state index in [2.05, 4.69) is 17.0 Å². The van der Waals surface area contributed by atoms with Gasteiger partial charge in [0.05, 0.1) is 18.4 Å². The quantitative estimate of drug-likeness (QED) is 0.661. The number of carbonyl (C=O) groups excluding carboxylic acids is 1. The van der Waals surface area contributed by atoms with Crippen molar-refractivity contribution in [1.82, 2.24) is 0 Å². The molecule has 0 aromatic heterocycles. The third-order valence-electron chi connectivity index (χ3n) is 4.12. The third-order valence-corrected chi connectivity index (χ3v) is 5.54. The molecule has 6 nitrogen and oxygen atoms in total. The molecule has 2 N–H and O–H groups in total. The predicted molar refractivity (Wildman–Crippen MR) is 108 cm³/mol. The molecule has 0 fully saturated rings.